The summed E-state index contributed by atoms with van der Waals surface area (Å²) in [5.74, 6) is -5.67. The number of nitrogens with one attached hydrogen (secondary N) is 1. The molecule has 104 valence electrons. The van der Waals surface area contributed by atoms with Crippen molar-refractivity contribution in [1.29, 1.82) is 0 Å². The van der Waals surface area contributed by atoms with E-state index in [4.69, 9.17) is 4.42 Å². The smallest absolute Gasteiger partial charge is 0.413 e. The molecule has 3 rings (SSSR count). The Morgan fingerprint density at radius 3 is 2.45 bits per heavy atom. The molecule has 1 aliphatic carbocycles. The van der Waals surface area contributed by atoms with Gasteiger partial charge in [0.15, 0.2) is 17.5 Å². The third kappa shape index (κ3) is 1.86. The lowest BCUT2D eigenvalue weighted by Crippen LogP contribution is -2.22. The summed E-state index contributed by atoms with van der Waals surface area (Å²) in [7, 11) is 0. The fourth-order valence-electron chi connectivity index (χ4n) is 2.50. The Bertz CT molecular complexity index is 786. The maximum absolute atomic E-state index is 13.3. The van der Waals surface area contributed by atoms with Crippen LogP contribution >= 0.6 is 0 Å². The topological polar surface area (TPSA) is 63.1 Å². The molecule has 0 saturated carbocycles. The van der Waals surface area contributed by atoms with Crippen LogP contribution in [-0.4, -0.2) is 4.98 Å². The van der Waals surface area contributed by atoms with Crippen molar-refractivity contribution >= 4 is 0 Å². The van der Waals surface area contributed by atoms with Gasteiger partial charge < -0.3 is 4.42 Å². The van der Waals surface area contributed by atoms with Gasteiger partial charge in [-0.15, -0.1) is 0 Å². The number of hydrogen-bond acceptors (Lipinski definition) is 3. The minimum absolute atomic E-state index is 0.0872. The van der Waals surface area contributed by atoms with Gasteiger partial charge >= 0.3 is 5.76 Å². The normalized spacial score (nSPS) is 17.2. The molecule has 1 unspecified atom stereocenters. The number of hydrogen-bond donors (Lipinski definition) is 1. The van der Waals surface area contributed by atoms with E-state index in [1.807, 2.05) is 4.98 Å². The van der Waals surface area contributed by atoms with Gasteiger partial charge in [-0.05, 0) is 30.5 Å². The standard InChI is InChI=1S/C13H8F3NO3/c14-8-3-5(4-9(15)10(8)16)6-1-2-7-11(6)20-13(19)17-12(7)18/h3-4,6H,1-2H2,(H,17,18,19). The summed E-state index contributed by atoms with van der Waals surface area (Å²) >= 11 is 0. The van der Waals surface area contributed by atoms with Gasteiger partial charge in [-0.25, -0.2) is 18.0 Å². The molecule has 0 bridgehead atoms. The zero-order valence-electron chi connectivity index (χ0n) is 10.0. The van der Waals surface area contributed by atoms with Crippen LogP contribution in [-0.2, 0) is 6.42 Å². The van der Waals surface area contributed by atoms with Crippen molar-refractivity contribution in [3.05, 3.63) is 67.4 Å². The lowest BCUT2D eigenvalue weighted by atomic mass is 9.97. The molecule has 0 radical (unpaired) electrons. The van der Waals surface area contributed by atoms with Crippen LogP contribution in [0.25, 0.3) is 0 Å². The number of aromatic amines is 1. The van der Waals surface area contributed by atoms with E-state index in [0.29, 0.717) is 12.8 Å². The summed E-state index contributed by atoms with van der Waals surface area (Å²) in [6, 6.07) is 1.69. The predicted octanol–water partition coefficient (Wildman–Crippen LogP) is 1.82. The molecule has 4 nitrogen and oxygen atoms in total. The first kappa shape index (κ1) is 12.7. The first-order chi connectivity index (χ1) is 9.47. The molecule has 1 aliphatic rings. The summed E-state index contributed by atoms with van der Waals surface area (Å²) in [4.78, 5) is 24.7. The van der Waals surface area contributed by atoms with Gasteiger partial charge in [-0.3, -0.25) is 9.78 Å². The Hall–Kier alpha value is -2.31. The van der Waals surface area contributed by atoms with E-state index in [9.17, 15) is 22.8 Å². The molecule has 1 atom stereocenters. The molecule has 0 fully saturated rings. The molecule has 0 spiro atoms. The quantitative estimate of drug-likeness (QED) is 0.812. The lowest BCUT2D eigenvalue weighted by molar-refractivity contribution is 0.419. The number of benzene rings is 1. The zero-order chi connectivity index (χ0) is 14.4. The highest BCUT2D eigenvalue weighted by Crippen LogP contribution is 2.36. The zero-order valence-corrected chi connectivity index (χ0v) is 10.0. The van der Waals surface area contributed by atoms with E-state index in [2.05, 4.69) is 0 Å². The molecule has 0 amide bonds. The first-order valence-corrected chi connectivity index (χ1v) is 5.88. The molecule has 1 aromatic carbocycles. The van der Waals surface area contributed by atoms with E-state index in [0.717, 1.165) is 12.1 Å². The molecular formula is C13H8F3NO3. The highest BCUT2D eigenvalue weighted by atomic mass is 19.2. The van der Waals surface area contributed by atoms with Gasteiger partial charge in [0.05, 0.1) is 5.56 Å². The molecule has 7 heteroatoms. The van der Waals surface area contributed by atoms with E-state index in [1.165, 1.54) is 0 Å². The number of H-pyrrole nitrogens is 1. The fourth-order valence-corrected chi connectivity index (χ4v) is 2.50. The van der Waals surface area contributed by atoms with Crippen LogP contribution in [0, 0.1) is 17.5 Å². The molecule has 1 heterocycles. The number of fused-ring (bicyclic) bond motifs is 1. The minimum atomic E-state index is -1.56. The monoisotopic (exact) mass is 283 g/mol. The summed E-state index contributed by atoms with van der Waals surface area (Å²) in [6.07, 6.45) is 0.676. The maximum atomic E-state index is 13.3. The van der Waals surface area contributed by atoms with Gasteiger partial charge in [-0.2, -0.15) is 0 Å². The molecule has 2 aromatic rings. The highest BCUT2D eigenvalue weighted by Gasteiger charge is 2.31. The van der Waals surface area contributed by atoms with E-state index in [-0.39, 0.29) is 16.9 Å². The van der Waals surface area contributed by atoms with Crippen LogP contribution in [0.5, 0.6) is 0 Å². The predicted molar refractivity (Wildman–Crippen MR) is 62.1 cm³/mol. The van der Waals surface area contributed by atoms with E-state index in [1.54, 1.807) is 0 Å². The van der Waals surface area contributed by atoms with Crippen molar-refractivity contribution in [2.24, 2.45) is 0 Å². The molecule has 20 heavy (non-hydrogen) atoms. The van der Waals surface area contributed by atoms with Crippen LogP contribution in [0.1, 0.15) is 29.2 Å². The van der Waals surface area contributed by atoms with E-state index >= 15 is 0 Å². The van der Waals surface area contributed by atoms with Crippen molar-refractivity contribution in [1.82, 2.24) is 4.98 Å². The molecule has 0 aliphatic heterocycles. The molecular weight excluding hydrogens is 275 g/mol. The second-order valence-corrected chi connectivity index (χ2v) is 4.58. The van der Waals surface area contributed by atoms with Crippen molar-refractivity contribution in [3.63, 3.8) is 0 Å². The Morgan fingerprint density at radius 2 is 1.80 bits per heavy atom. The molecule has 1 N–H and O–H groups in total. The van der Waals surface area contributed by atoms with Crippen LogP contribution in [0.3, 0.4) is 0 Å². The summed E-state index contributed by atoms with van der Waals surface area (Å²) in [5.41, 5.74) is -0.157. The van der Waals surface area contributed by atoms with Crippen LogP contribution in [0.15, 0.2) is 26.1 Å². The van der Waals surface area contributed by atoms with Crippen molar-refractivity contribution in [3.8, 4) is 0 Å². The summed E-state index contributed by atoms with van der Waals surface area (Å²) in [5, 5.41) is 0. The largest absolute Gasteiger partial charge is 0.419 e. The average Bonchev–Trinajstić information content (AvgIpc) is 2.79. The number of halogens is 3. The second-order valence-electron chi connectivity index (χ2n) is 4.58. The molecule has 1 aromatic heterocycles. The van der Waals surface area contributed by atoms with Gasteiger partial charge in [0.25, 0.3) is 5.56 Å². The van der Waals surface area contributed by atoms with Crippen molar-refractivity contribution < 1.29 is 17.6 Å². The van der Waals surface area contributed by atoms with Crippen LogP contribution < -0.4 is 11.3 Å². The number of rotatable bonds is 1. The van der Waals surface area contributed by atoms with E-state index < -0.39 is 34.7 Å². The Balaban J connectivity index is 2.17. The summed E-state index contributed by atoms with van der Waals surface area (Å²) in [6.45, 7) is 0. The number of aromatic nitrogens is 1. The van der Waals surface area contributed by atoms with Crippen molar-refractivity contribution in [2.45, 2.75) is 18.8 Å². The minimum Gasteiger partial charge on any atom is -0.413 e. The van der Waals surface area contributed by atoms with Crippen LogP contribution in [0.2, 0.25) is 0 Å². The molecule has 0 saturated heterocycles. The fraction of sp³-hybridized carbons (Fsp3) is 0.231. The Kier molecular flexibility index (Phi) is 2.77. The van der Waals surface area contributed by atoms with Crippen molar-refractivity contribution in [2.75, 3.05) is 0 Å². The third-order valence-corrected chi connectivity index (χ3v) is 3.40. The van der Waals surface area contributed by atoms with Gasteiger partial charge in [0, 0.05) is 5.92 Å². The Morgan fingerprint density at radius 1 is 1.15 bits per heavy atom. The third-order valence-electron chi connectivity index (χ3n) is 3.40. The first-order valence-electron chi connectivity index (χ1n) is 5.88. The van der Waals surface area contributed by atoms with Crippen LogP contribution in [0.4, 0.5) is 13.2 Å². The van der Waals surface area contributed by atoms with Gasteiger partial charge in [0.1, 0.15) is 5.76 Å². The lowest BCUT2D eigenvalue weighted by Gasteiger charge is -2.10. The maximum Gasteiger partial charge on any atom is 0.419 e. The van der Waals surface area contributed by atoms with Gasteiger partial charge in [-0.1, -0.05) is 0 Å². The Labute approximate surface area is 109 Å². The second kappa shape index (κ2) is 4.36. The average molecular weight is 283 g/mol. The van der Waals surface area contributed by atoms with Gasteiger partial charge in [0.2, 0.25) is 0 Å². The summed E-state index contributed by atoms with van der Waals surface area (Å²) < 4.78 is 44.4. The SMILES string of the molecule is O=c1[nH]c(=O)c2c(o1)C(c1cc(F)c(F)c(F)c1)CC2. The highest BCUT2D eigenvalue weighted by molar-refractivity contribution is 5.35.